The van der Waals surface area contributed by atoms with Crippen molar-refractivity contribution in [3.8, 4) is 5.75 Å². The summed E-state index contributed by atoms with van der Waals surface area (Å²) in [6.45, 7) is 2.96. The van der Waals surface area contributed by atoms with E-state index in [-0.39, 0.29) is 5.91 Å². The first-order valence-electron chi connectivity index (χ1n) is 6.28. The van der Waals surface area contributed by atoms with Gasteiger partial charge in [0, 0.05) is 17.6 Å². The van der Waals surface area contributed by atoms with Gasteiger partial charge in [0.25, 0.3) is 5.91 Å². The molecule has 2 rings (SSSR count). The third kappa shape index (κ3) is 3.28. The minimum Gasteiger partial charge on any atom is -0.496 e. The van der Waals surface area contributed by atoms with Crippen LogP contribution in [0.4, 0.5) is 0 Å². The zero-order valence-corrected chi connectivity index (χ0v) is 12.7. The van der Waals surface area contributed by atoms with Gasteiger partial charge in [0.2, 0.25) is 0 Å². The summed E-state index contributed by atoms with van der Waals surface area (Å²) < 4.78 is 6.13. The summed E-state index contributed by atoms with van der Waals surface area (Å²) in [5.74, 6) is 0.525. The van der Waals surface area contributed by atoms with Gasteiger partial charge < -0.3 is 14.7 Å². The summed E-state index contributed by atoms with van der Waals surface area (Å²) in [5.41, 5.74) is -0.0899. The second-order valence-corrected chi connectivity index (χ2v) is 6.05. The molecule has 1 aromatic rings. The van der Waals surface area contributed by atoms with Crippen LogP contribution in [0.1, 0.15) is 30.1 Å². The van der Waals surface area contributed by atoms with Crippen LogP contribution in [0.2, 0.25) is 0 Å². The van der Waals surface area contributed by atoms with E-state index >= 15 is 0 Å². The lowest BCUT2D eigenvalue weighted by Gasteiger charge is -2.36. The molecule has 1 aliphatic rings. The summed E-state index contributed by atoms with van der Waals surface area (Å²) in [6.07, 6.45) is 1.22. The van der Waals surface area contributed by atoms with E-state index in [1.165, 1.54) is 0 Å². The lowest BCUT2D eigenvalue weighted by atomic mass is 9.93. The quantitative estimate of drug-likeness (QED) is 0.907. The van der Waals surface area contributed by atoms with Crippen molar-refractivity contribution in [1.29, 1.82) is 0 Å². The van der Waals surface area contributed by atoms with Crippen LogP contribution in [0.25, 0.3) is 0 Å². The number of nitrogens with zero attached hydrogens (tertiary/aromatic N) is 1. The van der Waals surface area contributed by atoms with Gasteiger partial charge in [0.15, 0.2) is 0 Å². The Labute approximate surface area is 121 Å². The van der Waals surface area contributed by atoms with E-state index in [1.807, 2.05) is 13.0 Å². The Balaban J connectivity index is 2.16. The summed E-state index contributed by atoms with van der Waals surface area (Å²) in [5, 5.41) is 9.91. The van der Waals surface area contributed by atoms with E-state index < -0.39 is 5.60 Å². The lowest BCUT2D eigenvalue weighted by molar-refractivity contribution is -0.00209. The number of benzene rings is 1. The van der Waals surface area contributed by atoms with E-state index in [0.717, 1.165) is 4.47 Å². The average molecular weight is 328 g/mol. The molecule has 1 N–H and O–H groups in total. The van der Waals surface area contributed by atoms with Crippen LogP contribution in [-0.2, 0) is 0 Å². The Bertz CT molecular complexity index is 478. The fourth-order valence-electron chi connectivity index (χ4n) is 2.20. The van der Waals surface area contributed by atoms with Crippen molar-refractivity contribution in [2.24, 2.45) is 0 Å². The maximum absolute atomic E-state index is 12.5. The minimum atomic E-state index is -0.652. The number of piperidine rings is 1. The summed E-state index contributed by atoms with van der Waals surface area (Å²) in [6, 6.07) is 5.38. The van der Waals surface area contributed by atoms with E-state index in [1.54, 1.807) is 24.1 Å². The Morgan fingerprint density at radius 1 is 1.42 bits per heavy atom. The molecular weight excluding hydrogens is 310 g/mol. The van der Waals surface area contributed by atoms with Gasteiger partial charge in [-0.25, -0.2) is 0 Å². The second-order valence-electron chi connectivity index (χ2n) is 5.13. The van der Waals surface area contributed by atoms with Crippen LogP contribution < -0.4 is 4.74 Å². The molecule has 0 radical (unpaired) electrons. The molecule has 1 heterocycles. The van der Waals surface area contributed by atoms with E-state index in [9.17, 15) is 9.90 Å². The highest BCUT2D eigenvalue weighted by molar-refractivity contribution is 9.10. The van der Waals surface area contributed by atoms with Crippen LogP contribution in [0.3, 0.4) is 0 Å². The number of amides is 1. The van der Waals surface area contributed by atoms with Crippen molar-refractivity contribution in [2.45, 2.75) is 25.4 Å². The van der Waals surface area contributed by atoms with Crippen molar-refractivity contribution in [3.63, 3.8) is 0 Å². The fraction of sp³-hybridized carbons (Fsp3) is 0.500. The molecule has 1 aliphatic heterocycles. The number of hydrogen-bond acceptors (Lipinski definition) is 3. The fourth-order valence-corrected chi connectivity index (χ4v) is 2.54. The maximum atomic E-state index is 12.5. The van der Waals surface area contributed by atoms with Gasteiger partial charge in [-0.3, -0.25) is 4.79 Å². The number of aliphatic hydroxyl groups is 1. The molecule has 0 bridgehead atoms. The first-order valence-corrected chi connectivity index (χ1v) is 7.07. The van der Waals surface area contributed by atoms with Crippen molar-refractivity contribution in [1.82, 2.24) is 4.90 Å². The number of carbonyl (C=O) groups excluding carboxylic acids is 1. The SMILES string of the molecule is COc1cc(Br)ccc1C(=O)N1CCC(C)(O)CC1. The first kappa shape index (κ1) is 14.3. The number of rotatable bonds is 2. The number of methoxy groups -OCH3 is 1. The molecule has 0 aliphatic carbocycles. The third-order valence-electron chi connectivity index (χ3n) is 3.52. The van der Waals surface area contributed by atoms with Crippen molar-refractivity contribution >= 4 is 21.8 Å². The second kappa shape index (κ2) is 5.51. The molecule has 0 aromatic heterocycles. The van der Waals surface area contributed by atoms with Crippen LogP contribution in [0, 0.1) is 0 Å². The zero-order chi connectivity index (χ0) is 14.0. The molecule has 1 amide bonds. The standard InChI is InChI=1S/C14H18BrNO3/c1-14(18)5-7-16(8-6-14)13(17)11-4-3-10(15)9-12(11)19-2/h3-4,9,18H,5-8H2,1-2H3. The molecule has 1 saturated heterocycles. The smallest absolute Gasteiger partial charge is 0.257 e. The molecule has 0 saturated carbocycles. The molecule has 1 fully saturated rings. The Morgan fingerprint density at radius 2 is 2.05 bits per heavy atom. The van der Waals surface area contributed by atoms with Gasteiger partial charge in [-0.05, 0) is 38.0 Å². The van der Waals surface area contributed by atoms with Gasteiger partial charge in [0.1, 0.15) is 5.75 Å². The summed E-state index contributed by atoms with van der Waals surface area (Å²) in [7, 11) is 1.56. The van der Waals surface area contributed by atoms with E-state index in [0.29, 0.717) is 37.2 Å². The van der Waals surface area contributed by atoms with Crippen LogP contribution >= 0.6 is 15.9 Å². The van der Waals surface area contributed by atoms with Crippen LogP contribution in [-0.4, -0.2) is 41.7 Å². The molecule has 5 heteroatoms. The molecule has 1 aromatic carbocycles. The highest BCUT2D eigenvalue weighted by Crippen LogP contribution is 2.27. The van der Waals surface area contributed by atoms with Crippen LogP contribution in [0.15, 0.2) is 22.7 Å². The van der Waals surface area contributed by atoms with Gasteiger partial charge >= 0.3 is 0 Å². The molecule has 0 atom stereocenters. The van der Waals surface area contributed by atoms with Gasteiger partial charge in [-0.2, -0.15) is 0 Å². The van der Waals surface area contributed by atoms with Crippen molar-refractivity contribution in [2.75, 3.05) is 20.2 Å². The summed E-state index contributed by atoms with van der Waals surface area (Å²) >= 11 is 3.36. The number of hydrogen-bond donors (Lipinski definition) is 1. The molecular formula is C14H18BrNO3. The number of ether oxygens (including phenoxy) is 1. The van der Waals surface area contributed by atoms with Crippen molar-refractivity contribution in [3.05, 3.63) is 28.2 Å². The molecule has 0 spiro atoms. The highest BCUT2D eigenvalue weighted by atomic mass is 79.9. The third-order valence-corrected chi connectivity index (χ3v) is 4.02. The Kier molecular flexibility index (Phi) is 4.16. The van der Waals surface area contributed by atoms with E-state index in [2.05, 4.69) is 15.9 Å². The predicted molar refractivity (Wildman–Crippen MR) is 76.5 cm³/mol. The lowest BCUT2D eigenvalue weighted by Crippen LogP contribution is -2.45. The predicted octanol–water partition coefficient (Wildman–Crippen LogP) is 2.44. The topological polar surface area (TPSA) is 49.8 Å². The maximum Gasteiger partial charge on any atom is 0.257 e. The largest absolute Gasteiger partial charge is 0.496 e. The minimum absolute atomic E-state index is 0.0418. The zero-order valence-electron chi connectivity index (χ0n) is 11.1. The number of halogens is 1. The van der Waals surface area contributed by atoms with Gasteiger partial charge in [-0.1, -0.05) is 15.9 Å². The average Bonchev–Trinajstić information content (AvgIpc) is 2.37. The highest BCUT2D eigenvalue weighted by Gasteiger charge is 2.30. The Hall–Kier alpha value is -1.07. The van der Waals surface area contributed by atoms with Crippen molar-refractivity contribution < 1.29 is 14.6 Å². The summed E-state index contributed by atoms with van der Waals surface area (Å²) in [4.78, 5) is 14.2. The number of likely N-dealkylation sites (tertiary alicyclic amines) is 1. The number of carbonyl (C=O) groups is 1. The normalized spacial score (nSPS) is 18.2. The molecule has 4 nitrogen and oxygen atoms in total. The Morgan fingerprint density at radius 3 is 2.63 bits per heavy atom. The molecule has 19 heavy (non-hydrogen) atoms. The van der Waals surface area contributed by atoms with Gasteiger partial charge in [-0.15, -0.1) is 0 Å². The molecule has 0 unspecified atom stereocenters. The monoisotopic (exact) mass is 327 g/mol. The first-order chi connectivity index (χ1) is 8.93. The van der Waals surface area contributed by atoms with Gasteiger partial charge in [0.05, 0.1) is 18.3 Å². The van der Waals surface area contributed by atoms with E-state index in [4.69, 9.17) is 4.74 Å². The molecule has 104 valence electrons. The van der Waals surface area contributed by atoms with Crippen LogP contribution in [0.5, 0.6) is 5.75 Å².